The highest BCUT2D eigenvalue weighted by Crippen LogP contribution is 2.32. The van der Waals surface area contributed by atoms with Gasteiger partial charge in [0.15, 0.2) is 5.65 Å². The third-order valence-corrected chi connectivity index (χ3v) is 4.44. The van der Waals surface area contributed by atoms with Crippen molar-refractivity contribution in [2.24, 2.45) is 4.99 Å². The molecule has 3 aromatic rings. The van der Waals surface area contributed by atoms with E-state index < -0.39 is 11.7 Å². The Bertz CT molecular complexity index is 1180. The maximum atomic E-state index is 13.0. The van der Waals surface area contributed by atoms with Gasteiger partial charge in [-0.1, -0.05) is 24.3 Å². The lowest BCUT2D eigenvalue weighted by atomic mass is 10.0. The summed E-state index contributed by atoms with van der Waals surface area (Å²) in [4.78, 5) is 23.4. The molecule has 0 aliphatic carbocycles. The van der Waals surface area contributed by atoms with E-state index in [2.05, 4.69) is 15.0 Å². The smallest absolute Gasteiger partial charge is 0.290 e. The maximum absolute atomic E-state index is 13.0. The second-order valence-electron chi connectivity index (χ2n) is 6.36. The lowest BCUT2D eigenvalue weighted by Gasteiger charge is -2.09. The average molecular weight is 384 g/mol. The molecule has 28 heavy (non-hydrogen) atoms. The third kappa shape index (κ3) is 3.53. The molecule has 1 aromatic carbocycles. The van der Waals surface area contributed by atoms with Gasteiger partial charge in [-0.15, -0.1) is 0 Å². The third-order valence-electron chi connectivity index (χ3n) is 4.44. The molecule has 0 unspecified atom stereocenters. The second-order valence-corrected chi connectivity index (χ2v) is 6.36. The van der Waals surface area contributed by atoms with Crippen LogP contribution in [0.1, 0.15) is 12.0 Å². The van der Waals surface area contributed by atoms with Crippen LogP contribution in [0.3, 0.4) is 0 Å². The van der Waals surface area contributed by atoms with Crippen molar-refractivity contribution in [3.05, 3.63) is 76.5 Å². The molecule has 1 aliphatic rings. The molecule has 4 rings (SSSR count). The average Bonchev–Trinajstić information content (AvgIpc) is 2.84. The molecule has 5 nitrogen and oxygen atoms in total. The Kier molecular flexibility index (Phi) is 4.46. The van der Waals surface area contributed by atoms with Gasteiger partial charge in [-0.05, 0) is 35.8 Å². The summed E-state index contributed by atoms with van der Waals surface area (Å²) in [5.41, 5.74) is 1.56. The van der Waals surface area contributed by atoms with Crippen LogP contribution in [0.5, 0.6) is 0 Å². The number of fused-ring (bicyclic) bond motifs is 1. The Morgan fingerprint density at radius 1 is 1.18 bits per heavy atom. The molecule has 0 saturated heterocycles. The molecule has 0 radical (unpaired) electrons. The van der Waals surface area contributed by atoms with Crippen LogP contribution in [0.15, 0.2) is 70.2 Å². The van der Waals surface area contributed by atoms with Crippen LogP contribution in [0.25, 0.3) is 22.3 Å². The minimum absolute atomic E-state index is 0.289. The van der Waals surface area contributed by atoms with Crippen molar-refractivity contribution in [2.75, 3.05) is 0 Å². The number of aliphatic imine (C=N–C) groups is 1. The first-order valence-corrected chi connectivity index (χ1v) is 8.55. The van der Waals surface area contributed by atoms with Gasteiger partial charge in [-0.25, -0.2) is 9.78 Å². The molecule has 0 bridgehead atoms. The Morgan fingerprint density at radius 3 is 2.86 bits per heavy atom. The Balaban J connectivity index is 1.77. The predicted octanol–water partition coefficient (Wildman–Crippen LogP) is 4.33. The Labute approximate surface area is 157 Å². The van der Waals surface area contributed by atoms with Crippen LogP contribution >= 0.6 is 0 Å². The predicted molar refractivity (Wildman–Crippen MR) is 101 cm³/mol. The highest BCUT2D eigenvalue weighted by molar-refractivity contribution is 5.81. The summed E-state index contributed by atoms with van der Waals surface area (Å²) in [5, 5.41) is 0. The van der Waals surface area contributed by atoms with E-state index in [-0.39, 0.29) is 12.2 Å². The summed E-state index contributed by atoms with van der Waals surface area (Å²) in [6, 6.07) is 6.70. The summed E-state index contributed by atoms with van der Waals surface area (Å²) in [5.74, 6) is 0. The van der Waals surface area contributed by atoms with Gasteiger partial charge in [-0.2, -0.15) is 13.2 Å². The van der Waals surface area contributed by atoms with E-state index >= 15 is 0 Å². The number of H-pyrrole nitrogens is 1. The number of allylic oxidation sites excluding steroid dienone is 3. The van der Waals surface area contributed by atoms with Crippen molar-refractivity contribution in [3.63, 3.8) is 0 Å². The van der Waals surface area contributed by atoms with Crippen molar-refractivity contribution in [1.29, 1.82) is 0 Å². The number of pyridine rings is 1. The standard InChI is InChI=1S/C20H15F3N4O/c21-20(22,23)16-6-3-5-14(8-16)15-9-17-18(25-11-15)26-19(28)27(17)12-13-4-1-2-7-24-10-13/h2-11H,1,12H2,(H,25,26,28). The Hall–Kier alpha value is -3.42. The number of benzene rings is 1. The van der Waals surface area contributed by atoms with Crippen LogP contribution in [0.2, 0.25) is 0 Å². The zero-order chi connectivity index (χ0) is 19.7. The van der Waals surface area contributed by atoms with Crippen molar-refractivity contribution < 1.29 is 13.2 Å². The van der Waals surface area contributed by atoms with E-state index in [1.165, 1.54) is 16.8 Å². The number of hydrogen-bond acceptors (Lipinski definition) is 3. The van der Waals surface area contributed by atoms with Crippen molar-refractivity contribution >= 4 is 17.4 Å². The van der Waals surface area contributed by atoms with Crippen LogP contribution in [0, 0.1) is 0 Å². The van der Waals surface area contributed by atoms with E-state index in [9.17, 15) is 18.0 Å². The molecule has 142 valence electrons. The van der Waals surface area contributed by atoms with Crippen molar-refractivity contribution in [2.45, 2.75) is 19.1 Å². The largest absolute Gasteiger partial charge is 0.416 e. The van der Waals surface area contributed by atoms with Crippen LogP contribution in [0.4, 0.5) is 13.2 Å². The molecule has 8 heteroatoms. The topological polar surface area (TPSA) is 63.0 Å². The summed E-state index contributed by atoms with van der Waals surface area (Å²) >= 11 is 0. The quantitative estimate of drug-likeness (QED) is 0.731. The number of aromatic amines is 1. The van der Waals surface area contributed by atoms with Gasteiger partial charge in [0.1, 0.15) is 0 Å². The summed E-state index contributed by atoms with van der Waals surface area (Å²) in [7, 11) is 0. The molecule has 0 saturated carbocycles. The molecule has 0 amide bonds. The minimum atomic E-state index is -4.43. The molecule has 2 aromatic heterocycles. The van der Waals surface area contributed by atoms with Gasteiger partial charge in [0, 0.05) is 24.2 Å². The molecule has 0 fully saturated rings. The van der Waals surface area contributed by atoms with Crippen molar-refractivity contribution in [1.82, 2.24) is 14.5 Å². The fourth-order valence-corrected chi connectivity index (χ4v) is 3.04. The summed E-state index contributed by atoms with van der Waals surface area (Å²) < 4.78 is 40.5. The molecular formula is C20H15F3N4O. The first kappa shape index (κ1) is 18.0. The molecule has 0 atom stereocenters. The van der Waals surface area contributed by atoms with E-state index in [0.717, 1.165) is 17.7 Å². The van der Waals surface area contributed by atoms with E-state index in [4.69, 9.17) is 0 Å². The Morgan fingerprint density at radius 2 is 2.04 bits per heavy atom. The number of alkyl halides is 3. The number of nitrogens with zero attached hydrogens (tertiary/aromatic N) is 3. The van der Waals surface area contributed by atoms with E-state index in [1.807, 2.05) is 12.2 Å². The highest BCUT2D eigenvalue weighted by atomic mass is 19.4. The number of rotatable bonds is 3. The molecule has 0 spiro atoms. The zero-order valence-electron chi connectivity index (χ0n) is 14.6. The van der Waals surface area contributed by atoms with Crippen LogP contribution < -0.4 is 5.69 Å². The summed E-state index contributed by atoms with van der Waals surface area (Å²) in [6.07, 6.45) is 4.96. The van der Waals surface area contributed by atoms with Gasteiger partial charge in [-0.3, -0.25) is 14.5 Å². The second kappa shape index (κ2) is 6.95. The summed E-state index contributed by atoms with van der Waals surface area (Å²) in [6.45, 7) is 0.289. The number of halogens is 3. The van der Waals surface area contributed by atoms with Gasteiger partial charge in [0.25, 0.3) is 0 Å². The highest BCUT2D eigenvalue weighted by Gasteiger charge is 2.30. The van der Waals surface area contributed by atoms with Gasteiger partial charge in [0.2, 0.25) is 0 Å². The number of hydrogen-bond donors (Lipinski definition) is 1. The monoisotopic (exact) mass is 384 g/mol. The minimum Gasteiger partial charge on any atom is -0.290 e. The lowest BCUT2D eigenvalue weighted by molar-refractivity contribution is -0.137. The fourth-order valence-electron chi connectivity index (χ4n) is 3.04. The first-order chi connectivity index (χ1) is 13.4. The van der Waals surface area contributed by atoms with Crippen LogP contribution in [-0.2, 0) is 12.7 Å². The van der Waals surface area contributed by atoms with Crippen LogP contribution in [-0.4, -0.2) is 20.7 Å². The lowest BCUT2D eigenvalue weighted by Crippen LogP contribution is -2.18. The van der Waals surface area contributed by atoms with Gasteiger partial charge < -0.3 is 0 Å². The van der Waals surface area contributed by atoms with Gasteiger partial charge in [0.05, 0.1) is 17.6 Å². The number of imidazole rings is 1. The SMILES string of the molecule is O=c1[nH]c2ncc(-c3cccc(C(F)(F)F)c3)cc2n1CC1=CCC=CN=C1. The fraction of sp³-hybridized carbons (Fsp3) is 0.150. The zero-order valence-corrected chi connectivity index (χ0v) is 14.6. The first-order valence-electron chi connectivity index (χ1n) is 8.55. The molecule has 1 N–H and O–H groups in total. The number of aromatic nitrogens is 3. The molecular weight excluding hydrogens is 369 g/mol. The van der Waals surface area contributed by atoms with Crippen molar-refractivity contribution in [3.8, 4) is 11.1 Å². The molecule has 1 aliphatic heterocycles. The normalized spacial score (nSPS) is 14.3. The number of nitrogens with one attached hydrogen (secondary N) is 1. The van der Waals surface area contributed by atoms with E-state index in [1.54, 1.807) is 24.5 Å². The van der Waals surface area contributed by atoms with E-state index in [0.29, 0.717) is 28.7 Å². The van der Waals surface area contributed by atoms with Gasteiger partial charge >= 0.3 is 11.9 Å². The molecule has 3 heterocycles. The maximum Gasteiger partial charge on any atom is 0.416 e.